The number of ether oxygens (including phenoxy) is 1. The first-order valence-electron chi connectivity index (χ1n) is 9.75. The average Bonchev–Trinajstić information content (AvgIpc) is 3.32. The lowest BCUT2D eigenvalue weighted by Crippen LogP contribution is -2.40. The van der Waals surface area contributed by atoms with Crippen molar-refractivity contribution in [1.29, 1.82) is 0 Å². The van der Waals surface area contributed by atoms with Gasteiger partial charge in [0.25, 0.3) is 11.8 Å². The molecule has 3 aromatic rings. The largest absolute Gasteiger partial charge is 0.455 e. The second-order valence-electron chi connectivity index (χ2n) is 7.08. The zero-order chi connectivity index (χ0) is 20.9. The van der Waals surface area contributed by atoms with Gasteiger partial charge in [-0.1, -0.05) is 12.1 Å². The number of rotatable bonds is 5. The number of anilines is 1. The number of pyridine rings is 1. The summed E-state index contributed by atoms with van der Waals surface area (Å²) >= 11 is 1.41. The van der Waals surface area contributed by atoms with Gasteiger partial charge in [-0.3, -0.25) is 19.4 Å². The SMILES string of the molecule is O=C(COC(=O)C1CCN(C(=O)c2cccs2)CC1)Nc1cccc2ncccc12. The Morgan fingerprint density at radius 2 is 1.93 bits per heavy atom. The van der Waals surface area contributed by atoms with Gasteiger partial charge in [0.1, 0.15) is 0 Å². The molecule has 0 bridgehead atoms. The molecule has 0 atom stereocenters. The first-order valence-corrected chi connectivity index (χ1v) is 10.6. The maximum Gasteiger partial charge on any atom is 0.309 e. The summed E-state index contributed by atoms with van der Waals surface area (Å²) in [7, 11) is 0. The number of nitrogens with one attached hydrogen (secondary N) is 1. The van der Waals surface area contributed by atoms with Gasteiger partial charge < -0.3 is 15.0 Å². The first-order chi connectivity index (χ1) is 14.6. The Bertz CT molecular complexity index is 1050. The van der Waals surface area contributed by atoms with Crippen LogP contribution in [0.5, 0.6) is 0 Å². The first kappa shape index (κ1) is 20.0. The van der Waals surface area contributed by atoms with E-state index in [0.717, 1.165) is 10.9 Å². The smallest absolute Gasteiger partial charge is 0.309 e. The molecule has 0 aliphatic carbocycles. The highest BCUT2D eigenvalue weighted by atomic mass is 32.1. The molecule has 1 fully saturated rings. The molecular formula is C22H21N3O4S. The highest BCUT2D eigenvalue weighted by Crippen LogP contribution is 2.23. The molecule has 4 rings (SSSR count). The summed E-state index contributed by atoms with van der Waals surface area (Å²) in [5.41, 5.74) is 1.40. The second kappa shape index (κ2) is 9.04. The Hall–Kier alpha value is -3.26. The molecule has 0 spiro atoms. The van der Waals surface area contributed by atoms with Gasteiger partial charge in [0.05, 0.1) is 22.0 Å². The molecule has 3 heterocycles. The van der Waals surface area contributed by atoms with Gasteiger partial charge >= 0.3 is 5.97 Å². The Kier molecular flexibility index (Phi) is 6.04. The quantitative estimate of drug-likeness (QED) is 0.636. The standard InChI is InChI=1S/C22H21N3O4S/c26-20(24-18-6-1-5-17-16(18)4-2-10-23-17)14-29-22(28)15-8-11-25(12-9-15)21(27)19-7-3-13-30-19/h1-7,10,13,15H,8-9,11-12,14H2,(H,24,26). The van der Waals surface area contributed by atoms with E-state index < -0.39 is 11.9 Å². The van der Waals surface area contributed by atoms with Crippen LogP contribution in [0.3, 0.4) is 0 Å². The van der Waals surface area contributed by atoms with E-state index in [-0.39, 0.29) is 18.4 Å². The Morgan fingerprint density at radius 3 is 2.70 bits per heavy atom. The molecular weight excluding hydrogens is 402 g/mol. The van der Waals surface area contributed by atoms with Gasteiger partial charge in [-0.05, 0) is 48.6 Å². The van der Waals surface area contributed by atoms with E-state index in [0.29, 0.717) is 36.5 Å². The number of esters is 1. The number of carbonyl (C=O) groups excluding carboxylic acids is 3. The lowest BCUT2D eigenvalue weighted by Gasteiger charge is -2.30. The molecule has 0 unspecified atom stereocenters. The lowest BCUT2D eigenvalue weighted by atomic mass is 9.97. The Morgan fingerprint density at radius 1 is 1.10 bits per heavy atom. The highest BCUT2D eigenvalue weighted by Gasteiger charge is 2.29. The number of amides is 2. The molecule has 8 heteroatoms. The minimum atomic E-state index is -0.398. The fourth-order valence-corrected chi connectivity index (χ4v) is 4.22. The van der Waals surface area contributed by atoms with E-state index in [9.17, 15) is 14.4 Å². The average molecular weight is 423 g/mol. The van der Waals surface area contributed by atoms with E-state index in [4.69, 9.17) is 4.74 Å². The Balaban J connectivity index is 1.26. The summed E-state index contributed by atoms with van der Waals surface area (Å²) in [5.74, 6) is -1.09. The van der Waals surface area contributed by atoms with Crippen LogP contribution in [0.25, 0.3) is 10.9 Å². The molecule has 1 aliphatic heterocycles. The maximum absolute atomic E-state index is 12.4. The van der Waals surface area contributed by atoms with Crippen LogP contribution < -0.4 is 5.32 Å². The van der Waals surface area contributed by atoms with Crippen LogP contribution in [0.2, 0.25) is 0 Å². The van der Waals surface area contributed by atoms with Crippen molar-refractivity contribution in [1.82, 2.24) is 9.88 Å². The number of benzene rings is 1. The van der Waals surface area contributed by atoms with Gasteiger partial charge in [-0.2, -0.15) is 0 Å². The van der Waals surface area contributed by atoms with E-state index in [1.165, 1.54) is 11.3 Å². The highest BCUT2D eigenvalue weighted by molar-refractivity contribution is 7.12. The number of likely N-dealkylation sites (tertiary alicyclic amines) is 1. The molecule has 2 aromatic heterocycles. The molecule has 0 saturated carbocycles. The third-order valence-corrected chi connectivity index (χ3v) is 5.97. The fourth-order valence-electron chi connectivity index (χ4n) is 3.53. The summed E-state index contributed by atoms with van der Waals surface area (Å²) in [6.45, 7) is 0.668. The lowest BCUT2D eigenvalue weighted by molar-refractivity contribution is -0.152. The molecule has 1 aromatic carbocycles. The molecule has 30 heavy (non-hydrogen) atoms. The maximum atomic E-state index is 12.4. The fraction of sp³-hybridized carbons (Fsp3) is 0.273. The van der Waals surface area contributed by atoms with Crippen molar-refractivity contribution in [3.63, 3.8) is 0 Å². The normalized spacial score (nSPS) is 14.5. The van der Waals surface area contributed by atoms with Crippen molar-refractivity contribution >= 4 is 45.7 Å². The van der Waals surface area contributed by atoms with Gasteiger partial charge in [-0.25, -0.2) is 0 Å². The number of hydrogen-bond donors (Lipinski definition) is 1. The van der Waals surface area contributed by atoms with Crippen molar-refractivity contribution < 1.29 is 19.1 Å². The summed E-state index contributed by atoms with van der Waals surface area (Å²) in [6.07, 6.45) is 2.76. The molecule has 1 saturated heterocycles. The van der Waals surface area contributed by atoms with Crippen LogP contribution >= 0.6 is 11.3 Å². The minimum absolute atomic E-state index is 0.000715. The molecule has 1 aliphatic rings. The van der Waals surface area contributed by atoms with Gasteiger partial charge in [0.2, 0.25) is 0 Å². The summed E-state index contributed by atoms with van der Waals surface area (Å²) in [5, 5.41) is 5.47. The van der Waals surface area contributed by atoms with Crippen molar-refractivity contribution in [2.24, 2.45) is 5.92 Å². The number of hydrogen-bond acceptors (Lipinski definition) is 6. The van der Waals surface area contributed by atoms with E-state index in [1.807, 2.05) is 29.6 Å². The minimum Gasteiger partial charge on any atom is -0.455 e. The van der Waals surface area contributed by atoms with Crippen LogP contribution in [0, 0.1) is 5.92 Å². The van der Waals surface area contributed by atoms with Crippen LogP contribution in [0.4, 0.5) is 5.69 Å². The zero-order valence-electron chi connectivity index (χ0n) is 16.2. The number of aromatic nitrogens is 1. The second-order valence-corrected chi connectivity index (χ2v) is 8.02. The van der Waals surface area contributed by atoms with Crippen molar-refractivity contribution in [2.75, 3.05) is 25.0 Å². The van der Waals surface area contributed by atoms with Crippen LogP contribution in [0.15, 0.2) is 54.0 Å². The topological polar surface area (TPSA) is 88.6 Å². The van der Waals surface area contributed by atoms with Crippen molar-refractivity contribution in [3.8, 4) is 0 Å². The number of fused-ring (bicyclic) bond motifs is 1. The Labute approximate surface area is 177 Å². The summed E-state index contributed by atoms with van der Waals surface area (Å²) in [4.78, 5) is 43.7. The predicted octanol–water partition coefficient (Wildman–Crippen LogP) is 3.33. The van der Waals surface area contributed by atoms with E-state index in [2.05, 4.69) is 10.3 Å². The van der Waals surface area contributed by atoms with Crippen LogP contribution in [-0.2, 0) is 14.3 Å². The van der Waals surface area contributed by atoms with Crippen LogP contribution in [-0.4, -0.2) is 47.4 Å². The zero-order valence-corrected chi connectivity index (χ0v) is 17.1. The number of carbonyl (C=O) groups is 3. The monoisotopic (exact) mass is 423 g/mol. The van der Waals surface area contributed by atoms with Crippen molar-refractivity contribution in [3.05, 3.63) is 58.9 Å². The van der Waals surface area contributed by atoms with Crippen LogP contribution in [0.1, 0.15) is 22.5 Å². The molecule has 154 valence electrons. The third kappa shape index (κ3) is 4.49. The number of nitrogens with zero attached hydrogens (tertiary/aromatic N) is 2. The predicted molar refractivity (Wildman–Crippen MR) is 114 cm³/mol. The van der Waals surface area contributed by atoms with Gasteiger partial charge in [-0.15, -0.1) is 11.3 Å². The van der Waals surface area contributed by atoms with E-state index in [1.54, 1.807) is 29.3 Å². The molecule has 1 N–H and O–H groups in total. The van der Waals surface area contributed by atoms with Gasteiger partial charge in [0.15, 0.2) is 6.61 Å². The molecule has 0 radical (unpaired) electrons. The number of piperidine rings is 1. The summed E-state index contributed by atoms with van der Waals surface area (Å²) < 4.78 is 5.23. The summed E-state index contributed by atoms with van der Waals surface area (Å²) in [6, 6.07) is 12.8. The number of thiophene rings is 1. The third-order valence-electron chi connectivity index (χ3n) is 5.11. The van der Waals surface area contributed by atoms with E-state index >= 15 is 0 Å². The van der Waals surface area contributed by atoms with Gasteiger partial charge in [0, 0.05) is 24.7 Å². The molecule has 7 nitrogen and oxygen atoms in total. The van der Waals surface area contributed by atoms with Crippen molar-refractivity contribution in [2.45, 2.75) is 12.8 Å². The molecule has 2 amide bonds.